The third-order valence-electron chi connectivity index (χ3n) is 4.85. The number of nitrogens with zero attached hydrogens (tertiary/aromatic N) is 1. The summed E-state index contributed by atoms with van der Waals surface area (Å²) in [5.74, 6) is -0.263. The van der Waals surface area contributed by atoms with Crippen LogP contribution in [0.1, 0.15) is 22.3 Å². The summed E-state index contributed by atoms with van der Waals surface area (Å²) in [4.78, 5) is 24.5. The second-order valence-corrected chi connectivity index (χ2v) is 14.8. The number of nitrogens with one attached hydrogen (secondary N) is 1. The molecule has 6 heteroatoms. The van der Waals surface area contributed by atoms with E-state index < -0.39 is 21.4 Å². The molecule has 0 radical (unpaired) electrons. The number of amides is 2. The van der Waals surface area contributed by atoms with Gasteiger partial charge in [0.2, 0.25) is 0 Å². The Morgan fingerprint density at radius 1 is 1.08 bits per heavy atom. The van der Waals surface area contributed by atoms with Gasteiger partial charge in [0.25, 0.3) is 0 Å². The molecule has 0 spiro atoms. The summed E-state index contributed by atoms with van der Waals surface area (Å²) in [5, 5.41) is 11.1. The number of thioether (sulfide) groups is 1. The fraction of sp³-hybridized carbons (Fsp3) is 0. The Labute approximate surface area is 155 Å². The maximum absolute atomic E-state index is 12.3. The van der Waals surface area contributed by atoms with Gasteiger partial charge in [-0.05, 0) is 0 Å². The molecule has 0 unspecified atom stereocenters. The number of carbonyl (C=O) groups excluding carboxylic acids is 2. The molecule has 2 amide bonds. The Hall–Kier alpha value is -2.23. The van der Waals surface area contributed by atoms with E-state index in [1.807, 2.05) is 30.3 Å². The van der Waals surface area contributed by atoms with Crippen LogP contribution in [0.2, 0.25) is 0 Å². The summed E-state index contributed by atoms with van der Waals surface area (Å²) in [5.41, 5.74) is 4.11. The van der Waals surface area contributed by atoms with Crippen molar-refractivity contribution >= 4 is 60.4 Å². The van der Waals surface area contributed by atoms with Gasteiger partial charge in [-0.25, -0.2) is 0 Å². The Morgan fingerprint density at radius 3 is 2.52 bits per heavy atom. The average molecular weight is 444 g/mol. The Morgan fingerprint density at radius 2 is 1.88 bits per heavy atom. The van der Waals surface area contributed by atoms with Crippen LogP contribution in [0.15, 0.2) is 47.4 Å². The fourth-order valence-corrected chi connectivity index (χ4v) is 16.2. The summed E-state index contributed by atoms with van der Waals surface area (Å²) >= 11 is -1.60. The van der Waals surface area contributed by atoms with Crippen LogP contribution in [-0.2, 0) is 4.79 Å². The van der Waals surface area contributed by atoms with Crippen molar-refractivity contribution in [1.29, 1.82) is 5.26 Å². The molecule has 1 fully saturated rings. The fourth-order valence-electron chi connectivity index (χ4n) is 3.84. The van der Waals surface area contributed by atoms with Crippen molar-refractivity contribution in [2.24, 2.45) is 0 Å². The van der Waals surface area contributed by atoms with E-state index in [0.717, 1.165) is 26.2 Å². The molecular weight excluding hydrogens is 435 g/mol. The Balaban J connectivity index is 1.69. The van der Waals surface area contributed by atoms with Crippen molar-refractivity contribution in [3.05, 3.63) is 69.6 Å². The maximum atomic E-state index is 12.3. The molecule has 1 saturated heterocycles. The number of nitriles is 1. The van der Waals surface area contributed by atoms with E-state index in [1.165, 1.54) is 12.2 Å². The molecule has 1 N–H and O–H groups in total. The van der Waals surface area contributed by atoms with Crippen molar-refractivity contribution in [2.45, 2.75) is 0 Å². The van der Waals surface area contributed by atoms with E-state index in [2.05, 4.69) is 29.6 Å². The second-order valence-electron chi connectivity index (χ2n) is 6.12. The molecule has 3 heterocycles. The quantitative estimate of drug-likeness (QED) is 0.687. The molecule has 116 valence electrons. The molecule has 25 heavy (non-hydrogen) atoms. The van der Waals surface area contributed by atoms with Gasteiger partial charge in [0, 0.05) is 0 Å². The van der Waals surface area contributed by atoms with Gasteiger partial charge in [-0.1, -0.05) is 0 Å². The molecule has 0 atom stereocenters. The molecule has 0 aromatic heterocycles. The van der Waals surface area contributed by atoms with E-state index in [1.54, 1.807) is 0 Å². The SMILES string of the molecule is N#Cc1ccc([C]2=Cc3c4ccc[c]3[In]2/[C]4=C2\SC(=O)NC2=O)cc1. The molecular formula is C19H9InN2O2S. The van der Waals surface area contributed by atoms with Gasteiger partial charge < -0.3 is 0 Å². The predicted octanol–water partition coefficient (Wildman–Crippen LogP) is 2.60. The van der Waals surface area contributed by atoms with Crippen LogP contribution in [0.5, 0.6) is 0 Å². The third-order valence-corrected chi connectivity index (χ3v) is 16.1. The average Bonchev–Trinajstić information content (AvgIpc) is 3.21. The first-order valence-electron chi connectivity index (χ1n) is 7.80. The molecule has 0 aliphatic carbocycles. The van der Waals surface area contributed by atoms with Crippen LogP contribution in [0, 0.1) is 11.3 Å². The van der Waals surface area contributed by atoms with E-state index in [4.69, 9.17) is 5.26 Å². The van der Waals surface area contributed by atoms with Crippen molar-refractivity contribution < 1.29 is 9.59 Å². The topological polar surface area (TPSA) is 70.0 Å². The van der Waals surface area contributed by atoms with Crippen LogP contribution in [0.4, 0.5) is 4.79 Å². The number of imide groups is 1. The number of rotatable bonds is 1. The van der Waals surface area contributed by atoms with Crippen LogP contribution in [-0.4, -0.2) is 32.6 Å². The first-order chi connectivity index (χ1) is 12.2. The van der Waals surface area contributed by atoms with Crippen LogP contribution in [0.3, 0.4) is 0 Å². The molecule has 5 rings (SSSR count). The van der Waals surface area contributed by atoms with Gasteiger partial charge in [0.15, 0.2) is 0 Å². The minimum absolute atomic E-state index is 0.263. The normalized spacial score (nSPS) is 20.0. The molecule has 0 saturated carbocycles. The first kappa shape index (κ1) is 15.1. The predicted molar refractivity (Wildman–Crippen MR) is 98.9 cm³/mol. The van der Waals surface area contributed by atoms with Gasteiger partial charge >= 0.3 is 156 Å². The molecule has 3 aliphatic rings. The zero-order valence-electron chi connectivity index (χ0n) is 12.9. The van der Waals surface area contributed by atoms with Crippen LogP contribution < -0.4 is 8.64 Å². The second kappa shape index (κ2) is 5.38. The van der Waals surface area contributed by atoms with Crippen LogP contribution in [0.25, 0.3) is 12.7 Å². The summed E-state index contributed by atoms with van der Waals surface area (Å²) in [6.07, 6.45) is 2.25. The van der Waals surface area contributed by atoms with Gasteiger partial charge in [0.1, 0.15) is 0 Å². The standard InChI is InChI=1S/C19H9N2O2S.In/c20-12-14-7-5-13(6-8-14)9-10-15-3-1-2-4-16(15)11-17-18(22)21-19(23)24-17;/h1-2,4-8,10H,(H,21,22,23);. The van der Waals surface area contributed by atoms with Crippen molar-refractivity contribution in [2.75, 3.05) is 0 Å². The minimum atomic E-state index is -2.63. The summed E-state index contributed by atoms with van der Waals surface area (Å²) in [7, 11) is 0. The van der Waals surface area contributed by atoms with Gasteiger partial charge in [0.05, 0.1) is 0 Å². The third kappa shape index (κ3) is 2.09. The molecule has 2 aromatic rings. The van der Waals surface area contributed by atoms with Gasteiger partial charge in [-0.15, -0.1) is 0 Å². The summed E-state index contributed by atoms with van der Waals surface area (Å²) in [6.45, 7) is 0. The van der Waals surface area contributed by atoms with E-state index in [-0.39, 0.29) is 11.1 Å². The monoisotopic (exact) mass is 444 g/mol. The molecule has 2 aromatic carbocycles. The van der Waals surface area contributed by atoms with Gasteiger partial charge in [-0.2, -0.15) is 0 Å². The van der Waals surface area contributed by atoms with Crippen molar-refractivity contribution in [3.8, 4) is 6.07 Å². The Kier molecular flexibility index (Phi) is 3.24. The summed E-state index contributed by atoms with van der Waals surface area (Å²) in [6, 6.07) is 16.0. The molecule has 4 bridgehead atoms. The van der Waals surface area contributed by atoms with Gasteiger partial charge in [-0.3, -0.25) is 0 Å². The van der Waals surface area contributed by atoms with Crippen molar-refractivity contribution in [1.82, 2.24) is 5.32 Å². The van der Waals surface area contributed by atoms with Crippen LogP contribution >= 0.6 is 11.8 Å². The molecule has 3 aliphatic heterocycles. The zero-order chi connectivity index (χ0) is 17.1. The number of benzene rings is 2. The molecule has 4 nitrogen and oxygen atoms in total. The van der Waals surface area contributed by atoms with Crippen molar-refractivity contribution in [3.63, 3.8) is 0 Å². The number of carbonyl (C=O) groups is 2. The zero-order valence-corrected chi connectivity index (χ0v) is 17.0. The number of hydrogen-bond acceptors (Lipinski definition) is 4. The first-order valence-corrected chi connectivity index (χ1v) is 13.6. The Bertz CT molecular complexity index is 1090. The van der Waals surface area contributed by atoms with E-state index >= 15 is 0 Å². The number of hydrogen-bond donors (Lipinski definition) is 1. The van der Waals surface area contributed by atoms with E-state index in [0.29, 0.717) is 10.5 Å². The van der Waals surface area contributed by atoms with E-state index in [9.17, 15) is 9.59 Å². The summed E-state index contributed by atoms with van der Waals surface area (Å²) < 4.78 is 3.83.